The second-order valence-electron chi connectivity index (χ2n) is 2.25. The van der Waals surface area contributed by atoms with Gasteiger partial charge in [0.25, 0.3) is 0 Å². The molecular weight excluding hydrogens is 256 g/mol. The highest BCUT2D eigenvalue weighted by Crippen LogP contribution is 1.65. The van der Waals surface area contributed by atoms with Gasteiger partial charge in [-0.05, 0) is 0 Å². The third-order valence-corrected chi connectivity index (χ3v) is 1.44. The lowest BCUT2D eigenvalue weighted by Crippen LogP contribution is -2.27. The molecule has 0 aliphatic carbocycles. The van der Waals surface area contributed by atoms with Gasteiger partial charge in [-0.3, -0.25) is 0 Å². The van der Waals surface area contributed by atoms with E-state index < -0.39 is 0 Å². The maximum atomic E-state index is 3.30. The Morgan fingerprint density at radius 1 is 0.385 bits per heavy atom. The Balaban J connectivity index is -0.000000101. The molecule has 0 bridgehead atoms. The number of halogens is 4. The largest absolute Gasteiger partial charge is 0.314 e. The molecule has 1 heterocycles. The van der Waals surface area contributed by atoms with Crippen LogP contribution in [0.4, 0.5) is 0 Å². The Kier molecular flexibility index (Phi) is 34.2. The van der Waals surface area contributed by atoms with E-state index >= 15 is 0 Å². The van der Waals surface area contributed by atoms with Crippen molar-refractivity contribution in [1.29, 1.82) is 0 Å². The van der Waals surface area contributed by atoms with Gasteiger partial charge in [-0.1, -0.05) is 0 Å². The summed E-state index contributed by atoms with van der Waals surface area (Å²) in [5.41, 5.74) is 0. The Morgan fingerprint density at radius 2 is 0.538 bits per heavy atom. The molecule has 0 spiro atoms. The number of hydrogen-bond acceptors (Lipinski definition) is 3. The summed E-state index contributed by atoms with van der Waals surface area (Å²) in [6, 6.07) is 0. The van der Waals surface area contributed by atoms with E-state index in [2.05, 4.69) is 16.0 Å². The van der Waals surface area contributed by atoms with Crippen LogP contribution in [0.15, 0.2) is 0 Å². The fourth-order valence-corrected chi connectivity index (χ4v) is 0.905. The highest BCUT2D eigenvalue weighted by atomic mass is 35.5. The molecule has 0 aromatic carbocycles. The fraction of sp³-hybridized carbons (Fsp3) is 1.00. The van der Waals surface area contributed by atoms with Crippen LogP contribution < -0.4 is 16.0 Å². The van der Waals surface area contributed by atoms with Crippen LogP contribution in [-0.2, 0) is 0 Å². The zero-order valence-corrected chi connectivity index (χ0v) is 10.6. The summed E-state index contributed by atoms with van der Waals surface area (Å²) in [6.07, 6.45) is 0. The Hall–Kier alpha value is 1.04. The molecule has 0 amide bonds. The first-order valence-electron chi connectivity index (χ1n) is 3.62. The van der Waals surface area contributed by atoms with Gasteiger partial charge in [-0.2, -0.15) is 0 Å². The van der Waals surface area contributed by atoms with Crippen LogP contribution in [-0.4, -0.2) is 39.3 Å². The quantitative estimate of drug-likeness (QED) is 0.601. The van der Waals surface area contributed by atoms with Crippen molar-refractivity contribution < 1.29 is 0 Å². The average Bonchev–Trinajstić information content (AvgIpc) is 2.00. The van der Waals surface area contributed by atoms with Crippen molar-refractivity contribution in [1.82, 2.24) is 16.0 Å². The molecule has 0 atom stereocenters. The molecule has 1 aliphatic heterocycles. The normalized spacial score (nSPS) is 16.6. The molecular formula is C6H19Cl4N3. The van der Waals surface area contributed by atoms with Gasteiger partial charge in [0.2, 0.25) is 0 Å². The number of rotatable bonds is 0. The summed E-state index contributed by atoms with van der Waals surface area (Å²) in [7, 11) is 0. The lowest BCUT2D eigenvalue weighted by atomic mass is 10.6. The monoisotopic (exact) mass is 273 g/mol. The minimum Gasteiger partial charge on any atom is -0.314 e. The van der Waals surface area contributed by atoms with Crippen LogP contribution in [0.25, 0.3) is 0 Å². The summed E-state index contributed by atoms with van der Waals surface area (Å²) < 4.78 is 0. The summed E-state index contributed by atoms with van der Waals surface area (Å²) in [4.78, 5) is 0. The standard InChI is InChI=1S/C6H15N3.4ClH/c1-2-8-5-6-9-4-3-7-1;;;;/h7-9H,1-6H2;4*1H. The second kappa shape index (κ2) is 18.8. The molecule has 0 aromatic rings. The van der Waals surface area contributed by atoms with Crippen LogP contribution in [0.5, 0.6) is 0 Å². The van der Waals surface area contributed by atoms with Gasteiger partial charge >= 0.3 is 0 Å². The van der Waals surface area contributed by atoms with Gasteiger partial charge in [0, 0.05) is 39.3 Å². The van der Waals surface area contributed by atoms with E-state index in [1.54, 1.807) is 0 Å². The molecule has 3 N–H and O–H groups in total. The molecule has 0 unspecified atom stereocenters. The lowest BCUT2D eigenvalue weighted by molar-refractivity contribution is 0.652. The van der Waals surface area contributed by atoms with Crippen LogP contribution >= 0.6 is 49.6 Å². The zero-order valence-electron chi connectivity index (χ0n) is 7.38. The second-order valence-corrected chi connectivity index (χ2v) is 2.25. The first kappa shape index (κ1) is 23.7. The van der Waals surface area contributed by atoms with Gasteiger partial charge in [0.1, 0.15) is 0 Å². The van der Waals surface area contributed by atoms with E-state index in [9.17, 15) is 0 Å². The fourth-order valence-electron chi connectivity index (χ4n) is 0.905. The molecule has 86 valence electrons. The number of hydrogen-bond donors (Lipinski definition) is 3. The maximum Gasteiger partial charge on any atom is 0.00772 e. The van der Waals surface area contributed by atoms with Crippen LogP contribution in [0.2, 0.25) is 0 Å². The summed E-state index contributed by atoms with van der Waals surface area (Å²) in [6.45, 7) is 6.59. The SMILES string of the molecule is C1CNCCNCCN1.Cl.Cl.Cl.Cl. The first-order chi connectivity index (χ1) is 4.50. The van der Waals surface area contributed by atoms with E-state index in [1.807, 2.05) is 0 Å². The van der Waals surface area contributed by atoms with Gasteiger partial charge < -0.3 is 16.0 Å². The Labute approximate surface area is 105 Å². The van der Waals surface area contributed by atoms with E-state index in [0.717, 1.165) is 39.3 Å². The van der Waals surface area contributed by atoms with Crippen LogP contribution in [0.1, 0.15) is 0 Å². The third-order valence-electron chi connectivity index (χ3n) is 1.44. The summed E-state index contributed by atoms with van der Waals surface area (Å²) in [5, 5.41) is 9.91. The molecule has 1 fully saturated rings. The third kappa shape index (κ3) is 15.8. The topological polar surface area (TPSA) is 36.1 Å². The van der Waals surface area contributed by atoms with Crippen molar-refractivity contribution in [2.45, 2.75) is 0 Å². The van der Waals surface area contributed by atoms with Crippen molar-refractivity contribution in [2.24, 2.45) is 0 Å². The van der Waals surface area contributed by atoms with Gasteiger partial charge in [-0.15, -0.1) is 49.6 Å². The zero-order chi connectivity index (χ0) is 6.36. The summed E-state index contributed by atoms with van der Waals surface area (Å²) in [5.74, 6) is 0. The van der Waals surface area contributed by atoms with Crippen molar-refractivity contribution in [2.75, 3.05) is 39.3 Å². The Morgan fingerprint density at radius 3 is 0.692 bits per heavy atom. The van der Waals surface area contributed by atoms with E-state index in [4.69, 9.17) is 0 Å². The maximum absolute atomic E-state index is 3.30. The molecule has 1 rings (SSSR count). The van der Waals surface area contributed by atoms with Crippen molar-refractivity contribution in [3.63, 3.8) is 0 Å². The highest BCUT2D eigenvalue weighted by molar-refractivity contribution is 5.86. The van der Waals surface area contributed by atoms with Gasteiger partial charge in [0.05, 0.1) is 0 Å². The van der Waals surface area contributed by atoms with E-state index in [1.165, 1.54) is 0 Å². The average molecular weight is 275 g/mol. The highest BCUT2D eigenvalue weighted by Gasteiger charge is 1.91. The molecule has 1 aliphatic rings. The van der Waals surface area contributed by atoms with E-state index in [-0.39, 0.29) is 49.6 Å². The molecule has 0 saturated carbocycles. The minimum atomic E-state index is 0. The molecule has 0 radical (unpaired) electrons. The van der Waals surface area contributed by atoms with Crippen molar-refractivity contribution in [3.8, 4) is 0 Å². The van der Waals surface area contributed by atoms with Crippen LogP contribution in [0.3, 0.4) is 0 Å². The molecule has 13 heavy (non-hydrogen) atoms. The number of nitrogens with one attached hydrogen (secondary N) is 3. The predicted molar refractivity (Wildman–Crippen MR) is 67.6 cm³/mol. The Bertz CT molecular complexity index is 48.4. The van der Waals surface area contributed by atoms with Crippen molar-refractivity contribution >= 4 is 49.6 Å². The molecule has 3 nitrogen and oxygen atoms in total. The molecule has 7 heteroatoms. The smallest absolute Gasteiger partial charge is 0.00772 e. The lowest BCUT2D eigenvalue weighted by Gasteiger charge is -1.99. The van der Waals surface area contributed by atoms with Crippen LogP contribution in [0, 0.1) is 0 Å². The summed E-state index contributed by atoms with van der Waals surface area (Å²) >= 11 is 0. The van der Waals surface area contributed by atoms with Gasteiger partial charge in [-0.25, -0.2) is 0 Å². The van der Waals surface area contributed by atoms with Crippen molar-refractivity contribution in [3.05, 3.63) is 0 Å². The predicted octanol–water partition coefficient (Wildman–Crippen LogP) is 0.456. The van der Waals surface area contributed by atoms with E-state index in [0.29, 0.717) is 0 Å². The molecule has 1 saturated heterocycles. The molecule has 0 aromatic heterocycles. The first-order valence-corrected chi connectivity index (χ1v) is 3.62. The minimum absolute atomic E-state index is 0. The van der Waals surface area contributed by atoms with Gasteiger partial charge in [0.15, 0.2) is 0 Å².